The van der Waals surface area contributed by atoms with Gasteiger partial charge in [-0.2, -0.15) is 0 Å². The highest BCUT2D eigenvalue weighted by Crippen LogP contribution is 2.36. The van der Waals surface area contributed by atoms with Crippen LogP contribution in [0.3, 0.4) is 0 Å². The molecule has 2 heterocycles. The highest BCUT2D eigenvalue weighted by atomic mass is 16.7. The summed E-state index contributed by atoms with van der Waals surface area (Å²) in [5.74, 6) is -5.55. The molecule has 320 valence electrons. The van der Waals surface area contributed by atoms with Crippen molar-refractivity contribution in [3.63, 3.8) is 0 Å². The van der Waals surface area contributed by atoms with Gasteiger partial charge in [0.15, 0.2) is 12.1 Å². The number of aryl methyl sites for hydroxylation is 1. The smallest absolute Gasteiger partial charge is 0.316 e. The Labute approximate surface area is 334 Å². The number of unbranched alkanes of at least 4 members (excludes halogenated alkanes) is 1. The summed E-state index contributed by atoms with van der Waals surface area (Å²) in [4.78, 5) is 43.4. The lowest BCUT2D eigenvalue weighted by Gasteiger charge is -2.47. The van der Waals surface area contributed by atoms with Crippen LogP contribution in [0.15, 0.2) is 30.3 Å². The highest BCUT2D eigenvalue weighted by molar-refractivity contribution is 6.00. The van der Waals surface area contributed by atoms with Crippen LogP contribution in [-0.4, -0.2) is 143 Å². The molecule has 3 rings (SSSR count). The van der Waals surface area contributed by atoms with Gasteiger partial charge in [0.1, 0.15) is 23.7 Å². The van der Waals surface area contributed by atoms with E-state index in [4.69, 9.17) is 18.9 Å². The molecule has 1 amide bonds. The average molecular weight is 794 g/mol. The number of esters is 1. The molecule has 6 N–H and O–H groups in total. The number of ether oxygens (including phenoxy) is 4. The van der Waals surface area contributed by atoms with E-state index in [0.29, 0.717) is 13.0 Å². The van der Waals surface area contributed by atoms with Gasteiger partial charge in [0.2, 0.25) is 5.91 Å². The number of aliphatic hydroxyl groups is 4. The van der Waals surface area contributed by atoms with Crippen LogP contribution < -0.4 is 10.6 Å². The van der Waals surface area contributed by atoms with Crippen molar-refractivity contribution in [1.29, 1.82) is 0 Å². The summed E-state index contributed by atoms with van der Waals surface area (Å²) in [7, 11) is 3.70. The Balaban J connectivity index is 1.95. The Morgan fingerprint density at radius 1 is 1.02 bits per heavy atom. The first-order valence-corrected chi connectivity index (χ1v) is 20.4. The SMILES string of the molecule is CC[C@H]1OC(=O)[C@H](C)C(=O)[C@H](C)[C@@H](O[C@@H]2O[C@H](C)C[C@H](N(C)C)[C@H]2O)[C@](C)(OC[C@@H](O)CNCCCCc2ccccc2)C[C@@H](C)NC(=O)[C@H](C)[C@@H](O)[C@]1(C)O. The van der Waals surface area contributed by atoms with E-state index in [1.165, 1.54) is 26.3 Å². The Bertz CT molecular complexity index is 1380. The molecule has 0 aliphatic carbocycles. The maximum atomic E-state index is 14.3. The number of hydrogen-bond donors (Lipinski definition) is 6. The number of rotatable bonds is 14. The number of cyclic esters (lactones) is 1. The van der Waals surface area contributed by atoms with E-state index in [-0.39, 0.29) is 38.1 Å². The van der Waals surface area contributed by atoms with Crippen molar-refractivity contribution < 1.29 is 53.8 Å². The maximum absolute atomic E-state index is 14.3. The minimum atomic E-state index is -2.03. The summed E-state index contributed by atoms with van der Waals surface area (Å²) in [5, 5.41) is 51.5. The summed E-state index contributed by atoms with van der Waals surface area (Å²) in [6, 6.07) is 9.27. The van der Waals surface area contributed by atoms with E-state index in [1.807, 2.05) is 44.1 Å². The standard InChI is InChI=1S/C42H71N3O11/c1-11-33-42(8,52)36(49)29(6)38(50)44-25(2)22-41(7,53-24-31(46)23-43-20-16-15-19-30-17-13-12-14-18-30)37(27(4)34(47)28(5)39(51)55-33)56-40-35(48)32(45(9)10)21-26(3)54-40/h12-14,17-18,25-29,31-33,35-37,40,43,46,48-49,52H,11,15-16,19-24H2,1-10H3,(H,44,50)/t25-,26-,27+,28-,29-,31+,32+,33-,35-,36-,37-,40+,41-,42-/m1/s1. The fraction of sp³-hybridized carbons (Fsp3) is 0.786. The molecule has 0 saturated carbocycles. The van der Waals surface area contributed by atoms with Gasteiger partial charge in [-0.3, -0.25) is 14.4 Å². The molecule has 14 heteroatoms. The number of nitrogens with one attached hydrogen (secondary N) is 2. The van der Waals surface area contributed by atoms with Gasteiger partial charge in [0.25, 0.3) is 0 Å². The van der Waals surface area contributed by atoms with Crippen LogP contribution in [0.1, 0.15) is 93.1 Å². The molecule has 0 radical (unpaired) electrons. The van der Waals surface area contributed by atoms with Crippen LogP contribution in [-0.2, 0) is 39.8 Å². The maximum Gasteiger partial charge on any atom is 0.316 e. The van der Waals surface area contributed by atoms with E-state index in [0.717, 1.165) is 19.3 Å². The summed E-state index contributed by atoms with van der Waals surface area (Å²) in [5.41, 5.74) is -2.18. The molecule has 2 fully saturated rings. The molecule has 0 aromatic heterocycles. The van der Waals surface area contributed by atoms with Crippen LogP contribution in [0.5, 0.6) is 0 Å². The zero-order valence-corrected chi connectivity index (χ0v) is 35.3. The molecule has 2 aliphatic rings. The van der Waals surface area contributed by atoms with Gasteiger partial charge in [-0.05, 0) is 99.3 Å². The van der Waals surface area contributed by atoms with Crippen molar-refractivity contribution in [2.75, 3.05) is 33.8 Å². The molecule has 0 bridgehead atoms. The first-order valence-electron chi connectivity index (χ1n) is 20.4. The number of amides is 1. The van der Waals surface area contributed by atoms with Gasteiger partial charge in [-0.15, -0.1) is 0 Å². The van der Waals surface area contributed by atoms with Crippen molar-refractivity contribution in [3.8, 4) is 0 Å². The van der Waals surface area contributed by atoms with Gasteiger partial charge >= 0.3 is 5.97 Å². The van der Waals surface area contributed by atoms with Gasteiger partial charge in [0, 0.05) is 24.5 Å². The number of likely N-dealkylation sites (N-methyl/N-ethyl adjacent to an activating group) is 1. The molecule has 1 aromatic carbocycles. The highest BCUT2D eigenvalue weighted by Gasteiger charge is 2.51. The normalized spacial score (nSPS) is 37.3. The largest absolute Gasteiger partial charge is 0.459 e. The summed E-state index contributed by atoms with van der Waals surface area (Å²) >= 11 is 0. The Morgan fingerprint density at radius 2 is 1.68 bits per heavy atom. The molecule has 56 heavy (non-hydrogen) atoms. The average Bonchev–Trinajstić information content (AvgIpc) is 3.15. The van der Waals surface area contributed by atoms with Crippen molar-refractivity contribution in [1.82, 2.24) is 15.5 Å². The molecule has 1 aromatic rings. The quantitative estimate of drug-likeness (QED) is 0.0914. The number of nitrogens with zero attached hydrogens (tertiary/aromatic N) is 1. The summed E-state index contributed by atoms with van der Waals surface area (Å²) in [6.07, 6.45) is -4.08. The second kappa shape index (κ2) is 21.5. The third-order valence-corrected chi connectivity index (χ3v) is 11.6. The second-order valence-electron chi connectivity index (χ2n) is 16.9. The van der Waals surface area contributed by atoms with Crippen LogP contribution in [0.2, 0.25) is 0 Å². The van der Waals surface area contributed by atoms with Crippen LogP contribution >= 0.6 is 0 Å². The number of carbonyl (C=O) groups is 3. The number of Topliss-reactive ketones (excluding diaryl/α,β-unsaturated/α-hetero) is 1. The van der Waals surface area contributed by atoms with Gasteiger partial charge in [-0.25, -0.2) is 0 Å². The van der Waals surface area contributed by atoms with Gasteiger partial charge in [0.05, 0.1) is 42.5 Å². The lowest BCUT2D eigenvalue weighted by molar-refractivity contribution is -0.298. The number of hydrogen-bond acceptors (Lipinski definition) is 13. The number of ketones is 1. The van der Waals surface area contributed by atoms with Crippen LogP contribution in [0.4, 0.5) is 0 Å². The molecule has 14 atom stereocenters. The monoisotopic (exact) mass is 794 g/mol. The number of benzene rings is 1. The van der Waals surface area contributed by atoms with Gasteiger partial charge in [-0.1, -0.05) is 51.1 Å². The Kier molecular flexibility index (Phi) is 18.3. The minimum absolute atomic E-state index is 0.0474. The Morgan fingerprint density at radius 3 is 2.30 bits per heavy atom. The minimum Gasteiger partial charge on any atom is -0.459 e. The molecule has 2 saturated heterocycles. The van der Waals surface area contributed by atoms with E-state index in [9.17, 15) is 34.8 Å². The van der Waals surface area contributed by atoms with E-state index < -0.39 is 89.5 Å². The fourth-order valence-corrected chi connectivity index (χ4v) is 8.08. The van der Waals surface area contributed by atoms with E-state index in [1.54, 1.807) is 27.7 Å². The number of aliphatic hydroxyl groups excluding tert-OH is 3. The molecule has 14 nitrogen and oxygen atoms in total. The first-order chi connectivity index (χ1) is 26.2. The van der Waals surface area contributed by atoms with E-state index >= 15 is 0 Å². The molecule has 2 aliphatic heterocycles. The number of carbonyl (C=O) groups excluding carboxylic acids is 3. The summed E-state index contributed by atoms with van der Waals surface area (Å²) in [6.45, 7) is 13.5. The van der Waals surface area contributed by atoms with Crippen molar-refractivity contribution in [3.05, 3.63) is 35.9 Å². The van der Waals surface area contributed by atoms with Gasteiger partial charge < -0.3 is 54.9 Å². The topological polar surface area (TPSA) is 196 Å². The van der Waals surface area contributed by atoms with Crippen molar-refractivity contribution >= 4 is 17.7 Å². The van der Waals surface area contributed by atoms with E-state index in [2.05, 4.69) is 22.8 Å². The third-order valence-electron chi connectivity index (χ3n) is 11.6. The second-order valence-corrected chi connectivity index (χ2v) is 16.9. The lowest BCUT2D eigenvalue weighted by Crippen LogP contribution is -2.60. The molecule has 0 spiro atoms. The third kappa shape index (κ3) is 12.7. The predicted molar refractivity (Wildman–Crippen MR) is 211 cm³/mol. The van der Waals surface area contributed by atoms with Crippen LogP contribution in [0.25, 0.3) is 0 Å². The molecular weight excluding hydrogens is 722 g/mol. The molecule has 0 unspecified atom stereocenters. The van der Waals surface area contributed by atoms with Crippen molar-refractivity contribution in [2.24, 2.45) is 17.8 Å². The predicted octanol–water partition coefficient (Wildman–Crippen LogP) is 2.37. The first kappa shape index (κ1) is 47.8. The van der Waals surface area contributed by atoms with Crippen LogP contribution in [0, 0.1) is 17.8 Å². The lowest BCUT2D eigenvalue weighted by atomic mass is 9.79. The fourth-order valence-electron chi connectivity index (χ4n) is 8.08. The summed E-state index contributed by atoms with van der Waals surface area (Å²) < 4.78 is 25.1. The zero-order valence-electron chi connectivity index (χ0n) is 35.3. The zero-order chi connectivity index (χ0) is 42.0. The Hall–Kier alpha value is -2.53. The molecular formula is C42H71N3O11. The van der Waals surface area contributed by atoms with Crippen molar-refractivity contribution in [2.45, 2.75) is 160 Å².